The van der Waals surface area contributed by atoms with E-state index in [1.54, 1.807) is 0 Å². The Labute approximate surface area is 424 Å². The van der Waals surface area contributed by atoms with E-state index in [1.807, 2.05) is 0 Å². The van der Waals surface area contributed by atoms with E-state index in [-0.39, 0.29) is 33.8 Å². The Bertz CT molecular complexity index is 3410. The molecule has 0 saturated heterocycles. The van der Waals surface area contributed by atoms with Crippen LogP contribution in [-0.4, -0.2) is 6.71 Å². The van der Waals surface area contributed by atoms with Crippen molar-refractivity contribution in [1.29, 1.82) is 0 Å². The van der Waals surface area contributed by atoms with E-state index in [0.717, 1.165) is 69.6 Å². The molecule has 360 valence electrons. The first-order valence-electron chi connectivity index (χ1n) is 26.1. The fourth-order valence-electron chi connectivity index (χ4n) is 11.9. The molecule has 2 aliphatic heterocycles. The van der Waals surface area contributed by atoms with E-state index in [2.05, 4.69) is 258 Å². The lowest BCUT2D eigenvalue weighted by molar-refractivity contribution is 0.332. The standard InChI is InChI=1S/C66H72BN3O/c1-41-19-18-21-48(35-41)68(54-22-17-16-20-42(54)2)49-37-56-59-57(38-49)70(47-30-25-44(26-31-47)63(6,7)8)60-50-39-51-52(66(14,15)34-33-65(51,12)13)40-58(50)71-61(60)67(59)53-36-45(64(9,10)11)27-32-55(53)69(56)46-28-23-43(24-29-46)62(3,4)5/h16-32,35-40H,33-34H2,1-15H3. The Morgan fingerprint density at radius 3 is 1.65 bits per heavy atom. The number of hydrogen-bond donors (Lipinski definition) is 0. The molecular formula is C66H72BN3O. The molecule has 3 heterocycles. The average Bonchev–Trinajstić information content (AvgIpc) is 3.68. The predicted octanol–water partition coefficient (Wildman–Crippen LogP) is 16.8. The first-order chi connectivity index (χ1) is 33.4. The van der Waals surface area contributed by atoms with E-state index in [4.69, 9.17) is 4.42 Å². The number of fused-ring (bicyclic) bond motifs is 7. The van der Waals surface area contributed by atoms with Crippen LogP contribution in [0.5, 0.6) is 0 Å². The van der Waals surface area contributed by atoms with E-state index in [0.29, 0.717) is 0 Å². The summed E-state index contributed by atoms with van der Waals surface area (Å²) in [6.45, 7) is 34.8. The Kier molecular flexibility index (Phi) is 10.6. The van der Waals surface area contributed by atoms with Crippen LogP contribution in [0.1, 0.15) is 142 Å². The first-order valence-corrected chi connectivity index (χ1v) is 26.1. The van der Waals surface area contributed by atoms with Gasteiger partial charge in [0.1, 0.15) is 5.58 Å². The van der Waals surface area contributed by atoms with E-state index in [9.17, 15) is 0 Å². The highest BCUT2D eigenvalue weighted by Gasteiger charge is 2.48. The molecule has 71 heavy (non-hydrogen) atoms. The molecule has 0 atom stereocenters. The summed E-state index contributed by atoms with van der Waals surface area (Å²) < 4.78 is 7.65. The SMILES string of the molecule is Cc1cccc(N(c2cc3c4c(c2)N(c2ccc(C(C)(C)C)cc2)c2c(oc5cc6c(cc25)C(C)(C)CCC6(C)C)B4c2cc(C(C)(C)C)ccc2N3c2ccc(C(C)(C)C)cc2)c2ccccc2C)c1. The summed E-state index contributed by atoms with van der Waals surface area (Å²) in [5, 5.41) is 1.17. The van der Waals surface area contributed by atoms with Gasteiger partial charge in [-0.25, -0.2) is 0 Å². The summed E-state index contributed by atoms with van der Waals surface area (Å²) in [4.78, 5) is 7.61. The lowest BCUT2D eigenvalue weighted by Gasteiger charge is -2.44. The number of rotatable bonds is 5. The van der Waals surface area contributed by atoms with E-state index < -0.39 is 0 Å². The van der Waals surface area contributed by atoms with Gasteiger partial charge in [0, 0.05) is 45.2 Å². The third kappa shape index (κ3) is 7.72. The van der Waals surface area contributed by atoms with Crippen molar-refractivity contribution in [2.45, 2.75) is 144 Å². The molecule has 0 amide bonds. The molecule has 0 unspecified atom stereocenters. The largest absolute Gasteiger partial charge is 0.468 e. The highest BCUT2D eigenvalue weighted by Crippen LogP contribution is 2.53. The zero-order chi connectivity index (χ0) is 50.3. The second kappa shape index (κ2) is 16.0. The van der Waals surface area contributed by atoms with Gasteiger partial charge < -0.3 is 19.1 Å². The molecule has 0 bridgehead atoms. The van der Waals surface area contributed by atoms with Crippen LogP contribution in [0, 0.1) is 13.8 Å². The van der Waals surface area contributed by atoms with Crippen LogP contribution >= 0.6 is 0 Å². The maximum Gasteiger partial charge on any atom is 0.297 e. The smallest absolute Gasteiger partial charge is 0.297 e. The van der Waals surface area contributed by atoms with Crippen molar-refractivity contribution in [1.82, 2.24) is 0 Å². The van der Waals surface area contributed by atoms with Crippen molar-refractivity contribution < 1.29 is 4.42 Å². The highest BCUT2D eigenvalue weighted by atomic mass is 16.3. The number of furan rings is 1. The minimum atomic E-state index is -0.187. The summed E-state index contributed by atoms with van der Waals surface area (Å²) in [7, 11) is 0. The topological polar surface area (TPSA) is 22.9 Å². The second-order valence-electron chi connectivity index (χ2n) is 25.6. The zero-order valence-electron chi connectivity index (χ0n) is 45.0. The van der Waals surface area contributed by atoms with Gasteiger partial charge in [0.15, 0.2) is 0 Å². The van der Waals surface area contributed by atoms with Crippen molar-refractivity contribution in [3.05, 3.63) is 178 Å². The minimum absolute atomic E-state index is 0.00504. The number of para-hydroxylation sites is 1. The molecule has 0 radical (unpaired) electrons. The summed E-state index contributed by atoms with van der Waals surface area (Å²) in [5.41, 5.74) is 23.9. The lowest BCUT2D eigenvalue weighted by Crippen LogP contribution is -2.61. The molecular weight excluding hydrogens is 862 g/mol. The summed E-state index contributed by atoms with van der Waals surface area (Å²) in [5.74, 6) is 0. The van der Waals surface area contributed by atoms with Gasteiger partial charge >= 0.3 is 0 Å². The molecule has 1 aliphatic carbocycles. The number of aryl methyl sites for hydroxylation is 2. The average molecular weight is 934 g/mol. The molecule has 3 aliphatic rings. The Morgan fingerprint density at radius 1 is 0.521 bits per heavy atom. The highest BCUT2D eigenvalue weighted by molar-refractivity contribution is 7.00. The maximum absolute atomic E-state index is 7.65. The van der Waals surface area contributed by atoms with Crippen molar-refractivity contribution >= 4 is 85.5 Å². The van der Waals surface area contributed by atoms with Gasteiger partial charge in [0.25, 0.3) is 6.71 Å². The molecule has 0 N–H and O–H groups in total. The van der Waals surface area contributed by atoms with Gasteiger partial charge in [-0.3, -0.25) is 0 Å². The number of benzene rings is 7. The van der Waals surface area contributed by atoms with E-state index >= 15 is 0 Å². The van der Waals surface area contributed by atoms with Gasteiger partial charge in [-0.15, -0.1) is 0 Å². The Hall–Kier alpha value is -6.46. The summed E-state index contributed by atoms with van der Waals surface area (Å²) >= 11 is 0. The quantitative estimate of drug-likeness (QED) is 0.160. The molecule has 5 heteroatoms. The maximum atomic E-state index is 7.65. The molecule has 0 spiro atoms. The van der Waals surface area contributed by atoms with Crippen molar-refractivity contribution in [3.8, 4) is 0 Å². The van der Waals surface area contributed by atoms with Gasteiger partial charge in [-0.05, 0) is 176 Å². The predicted molar refractivity (Wildman–Crippen MR) is 306 cm³/mol. The number of nitrogens with zero attached hydrogens (tertiary/aromatic N) is 3. The van der Waals surface area contributed by atoms with Gasteiger partial charge in [0.05, 0.1) is 17.0 Å². The molecule has 8 aromatic rings. The van der Waals surface area contributed by atoms with Crippen LogP contribution in [-0.2, 0) is 27.1 Å². The van der Waals surface area contributed by atoms with Crippen molar-refractivity contribution in [3.63, 3.8) is 0 Å². The molecule has 4 nitrogen and oxygen atoms in total. The number of hydrogen-bond acceptors (Lipinski definition) is 4. The molecule has 1 aromatic heterocycles. The van der Waals surface area contributed by atoms with Crippen molar-refractivity contribution in [2.75, 3.05) is 14.7 Å². The van der Waals surface area contributed by atoms with E-state index in [1.165, 1.54) is 60.9 Å². The van der Waals surface area contributed by atoms with Crippen LogP contribution < -0.4 is 31.3 Å². The summed E-state index contributed by atoms with van der Waals surface area (Å²) in [6, 6.07) is 53.7. The number of anilines is 9. The lowest BCUT2D eigenvalue weighted by atomic mass is 9.35. The zero-order valence-corrected chi connectivity index (χ0v) is 45.0. The van der Waals surface area contributed by atoms with Crippen LogP contribution in [0.3, 0.4) is 0 Å². The normalized spacial score (nSPS) is 15.8. The third-order valence-corrected chi connectivity index (χ3v) is 16.3. The summed E-state index contributed by atoms with van der Waals surface area (Å²) in [6.07, 6.45) is 2.27. The Morgan fingerprint density at radius 2 is 1.07 bits per heavy atom. The molecule has 11 rings (SSSR count). The monoisotopic (exact) mass is 934 g/mol. The second-order valence-corrected chi connectivity index (χ2v) is 25.6. The molecule has 0 saturated carbocycles. The molecule has 0 fully saturated rings. The fourth-order valence-corrected chi connectivity index (χ4v) is 11.9. The fraction of sp³-hybridized carbons (Fsp3) is 0.333. The third-order valence-electron chi connectivity index (χ3n) is 16.3. The molecule has 7 aromatic carbocycles. The van der Waals surface area contributed by atoms with Gasteiger partial charge in [-0.1, -0.05) is 157 Å². The van der Waals surface area contributed by atoms with Crippen LogP contribution in [0.4, 0.5) is 51.2 Å². The van der Waals surface area contributed by atoms with Gasteiger partial charge in [0.2, 0.25) is 0 Å². The Balaban J connectivity index is 1.31. The van der Waals surface area contributed by atoms with Gasteiger partial charge in [-0.2, -0.15) is 0 Å². The minimum Gasteiger partial charge on any atom is -0.468 e. The van der Waals surface area contributed by atoms with Crippen LogP contribution in [0.25, 0.3) is 11.0 Å². The van der Waals surface area contributed by atoms with Crippen LogP contribution in [0.15, 0.2) is 144 Å². The van der Waals surface area contributed by atoms with Crippen LogP contribution in [0.2, 0.25) is 0 Å². The first kappa shape index (κ1) is 46.9. The van der Waals surface area contributed by atoms with Crippen molar-refractivity contribution in [2.24, 2.45) is 0 Å².